The van der Waals surface area contributed by atoms with Gasteiger partial charge in [-0.25, -0.2) is 4.39 Å². The molecule has 2 aromatic carbocycles. The molecule has 3 rings (SSSR count). The van der Waals surface area contributed by atoms with Crippen LogP contribution in [-0.2, 0) is 0 Å². The molecule has 0 radical (unpaired) electrons. The maximum absolute atomic E-state index is 13.6. The van der Waals surface area contributed by atoms with E-state index in [1.54, 1.807) is 30.3 Å². The number of benzene rings is 2. The van der Waals surface area contributed by atoms with Gasteiger partial charge in [0.05, 0.1) is 12.7 Å². The van der Waals surface area contributed by atoms with E-state index in [1.165, 1.54) is 25.3 Å². The minimum absolute atomic E-state index is 0.0338. The van der Waals surface area contributed by atoms with Crippen LogP contribution < -0.4 is 14.2 Å². The van der Waals surface area contributed by atoms with Crippen molar-refractivity contribution in [1.82, 2.24) is 0 Å². The van der Waals surface area contributed by atoms with E-state index in [9.17, 15) is 9.18 Å². The van der Waals surface area contributed by atoms with E-state index in [0.29, 0.717) is 22.8 Å². The van der Waals surface area contributed by atoms with Crippen molar-refractivity contribution in [2.75, 3.05) is 13.9 Å². The van der Waals surface area contributed by atoms with Crippen LogP contribution in [0.3, 0.4) is 0 Å². The fourth-order valence-electron chi connectivity index (χ4n) is 2.17. The summed E-state index contributed by atoms with van der Waals surface area (Å²) in [7, 11) is 1.52. The molecule has 0 atom stereocenters. The van der Waals surface area contributed by atoms with Crippen LogP contribution in [0.1, 0.15) is 15.9 Å². The Labute approximate surface area is 126 Å². The van der Waals surface area contributed by atoms with E-state index in [-0.39, 0.29) is 12.4 Å². The van der Waals surface area contributed by atoms with E-state index in [1.807, 2.05) is 0 Å². The van der Waals surface area contributed by atoms with E-state index in [2.05, 4.69) is 0 Å². The minimum atomic E-state index is -0.541. The first-order valence-corrected chi connectivity index (χ1v) is 6.63. The highest BCUT2D eigenvalue weighted by Crippen LogP contribution is 2.42. The summed E-state index contributed by atoms with van der Waals surface area (Å²) in [6.07, 6.45) is 2.90. The predicted octanol–water partition coefficient (Wildman–Crippen LogP) is 3.46. The number of ether oxygens (including phenoxy) is 3. The van der Waals surface area contributed by atoms with Crippen LogP contribution in [0.2, 0.25) is 0 Å². The first-order valence-electron chi connectivity index (χ1n) is 6.63. The number of rotatable bonds is 4. The zero-order valence-corrected chi connectivity index (χ0v) is 11.8. The lowest BCUT2D eigenvalue weighted by Crippen LogP contribution is -1.97. The summed E-state index contributed by atoms with van der Waals surface area (Å²) >= 11 is 0. The van der Waals surface area contributed by atoms with Crippen molar-refractivity contribution >= 4 is 11.9 Å². The molecule has 0 N–H and O–H groups in total. The summed E-state index contributed by atoms with van der Waals surface area (Å²) < 4.78 is 29.4. The fourth-order valence-corrected chi connectivity index (χ4v) is 2.17. The monoisotopic (exact) mass is 300 g/mol. The second kappa shape index (κ2) is 5.89. The summed E-state index contributed by atoms with van der Waals surface area (Å²) in [6, 6.07) is 9.31. The number of carbonyl (C=O) groups excluding carboxylic acids is 1. The van der Waals surface area contributed by atoms with Crippen molar-refractivity contribution in [3.05, 3.63) is 59.4 Å². The average molecular weight is 300 g/mol. The van der Waals surface area contributed by atoms with E-state index >= 15 is 0 Å². The Morgan fingerprint density at radius 1 is 1.27 bits per heavy atom. The van der Waals surface area contributed by atoms with Crippen LogP contribution in [0.5, 0.6) is 17.2 Å². The van der Waals surface area contributed by atoms with Gasteiger partial charge in [0.1, 0.15) is 5.82 Å². The van der Waals surface area contributed by atoms with Gasteiger partial charge in [-0.05, 0) is 35.9 Å². The average Bonchev–Trinajstić information content (AvgIpc) is 3.00. The second-order valence-corrected chi connectivity index (χ2v) is 4.63. The molecule has 22 heavy (non-hydrogen) atoms. The molecule has 5 heteroatoms. The molecule has 1 aliphatic rings. The molecule has 112 valence electrons. The van der Waals surface area contributed by atoms with Crippen molar-refractivity contribution in [3.8, 4) is 17.2 Å². The summed E-state index contributed by atoms with van der Waals surface area (Å²) in [5.41, 5.74) is 0.734. The molecule has 0 aliphatic carbocycles. The molecule has 2 aromatic rings. The van der Waals surface area contributed by atoms with Crippen LogP contribution in [0.15, 0.2) is 42.5 Å². The smallest absolute Gasteiger partial charge is 0.231 e. The molecule has 0 spiro atoms. The van der Waals surface area contributed by atoms with Crippen molar-refractivity contribution in [2.45, 2.75) is 0 Å². The summed E-state index contributed by atoms with van der Waals surface area (Å²) in [5.74, 6) is 0.667. The molecule has 0 saturated heterocycles. The highest BCUT2D eigenvalue weighted by molar-refractivity contribution is 6.07. The molecule has 1 aliphatic heterocycles. The summed E-state index contributed by atoms with van der Waals surface area (Å²) in [4.78, 5) is 12.0. The van der Waals surface area contributed by atoms with Gasteiger partial charge < -0.3 is 14.2 Å². The molecule has 0 aromatic heterocycles. The van der Waals surface area contributed by atoms with Gasteiger partial charge in [-0.3, -0.25) is 4.79 Å². The normalized spacial score (nSPS) is 12.6. The van der Waals surface area contributed by atoms with E-state index in [4.69, 9.17) is 14.2 Å². The molecule has 0 fully saturated rings. The molecule has 4 nitrogen and oxygen atoms in total. The van der Waals surface area contributed by atoms with Gasteiger partial charge in [0, 0.05) is 0 Å². The maximum Gasteiger partial charge on any atom is 0.231 e. The van der Waals surface area contributed by atoms with Crippen LogP contribution in [-0.4, -0.2) is 19.7 Å². The minimum Gasteiger partial charge on any atom is -0.493 e. The number of hydrogen-bond acceptors (Lipinski definition) is 4. The third kappa shape index (κ3) is 2.65. The summed E-state index contributed by atoms with van der Waals surface area (Å²) in [6.45, 7) is 0.132. The summed E-state index contributed by atoms with van der Waals surface area (Å²) in [5, 5.41) is 0. The predicted molar refractivity (Wildman–Crippen MR) is 78.9 cm³/mol. The van der Waals surface area contributed by atoms with Crippen molar-refractivity contribution in [3.63, 3.8) is 0 Å². The third-order valence-electron chi connectivity index (χ3n) is 3.25. The molecule has 0 amide bonds. The fraction of sp³-hybridized carbons (Fsp3) is 0.118. The van der Waals surface area contributed by atoms with Crippen molar-refractivity contribution in [2.24, 2.45) is 0 Å². The topological polar surface area (TPSA) is 44.8 Å². The van der Waals surface area contributed by atoms with Gasteiger partial charge in [0.2, 0.25) is 12.5 Å². The Morgan fingerprint density at radius 2 is 2.09 bits per heavy atom. The van der Waals surface area contributed by atoms with E-state index < -0.39 is 11.6 Å². The van der Waals surface area contributed by atoms with Crippen molar-refractivity contribution < 1.29 is 23.4 Å². The highest BCUT2D eigenvalue weighted by Gasteiger charge is 2.19. The van der Waals surface area contributed by atoms with Gasteiger partial charge in [-0.2, -0.15) is 0 Å². The number of allylic oxidation sites excluding steroid dienone is 1. The van der Waals surface area contributed by atoms with Crippen LogP contribution in [0.4, 0.5) is 4.39 Å². The largest absolute Gasteiger partial charge is 0.493 e. The Hall–Kier alpha value is -2.82. The Kier molecular flexibility index (Phi) is 3.78. The SMILES string of the molecule is COc1cc(/C=C/C(=O)c2ccccc2F)cc2c1OCO2. The third-order valence-corrected chi connectivity index (χ3v) is 3.25. The number of halogens is 1. The van der Waals surface area contributed by atoms with Crippen LogP contribution in [0, 0.1) is 5.82 Å². The standard InChI is InChI=1S/C17H13FO4/c1-20-15-8-11(9-16-17(15)22-10-21-16)6-7-14(19)12-4-2-3-5-13(12)18/h2-9H,10H2,1H3/b7-6+. The number of fused-ring (bicyclic) bond motifs is 1. The number of methoxy groups -OCH3 is 1. The van der Waals surface area contributed by atoms with Gasteiger partial charge in [-0.15, -0.1) is 0 Å². The number of ketones is 1. The van der Waals surface area contributed by atoms with Crippen LogP contribution >= 0.6 is 0 Å². The molecule has 0 saturated carbocycles. The molecular formula is C17H13FO4. The Balaban J connectivity index is 1.87. The Bertz CT molecular complexity index is 752. The molecule has 0 bridgehead atoms. The lowest BCUT2D eigenvalue weighted by Gasteiger charge is -2.05. The zero-order valence-electron chi connectivity index (χ0n) is 11.8. The Morgan fingerprint density at radius 3 is 2.86 bits per heavy atom. The van der Waals surface area contributed by atoms with Gasteiger partial charge in [0.15, 0.2) is 17.3 Å². The van der Waals surface area contributed by atoms with Gasteiger partial charge >= 0.3 is 0 Å². The highest BCUT2D eigenvalue weighted by atomic mass is 19.1. The number of hydrogen-bond donors (Lipinski definition) is 0. The first-order chi connectivity index (χ1) is 10.7. The first kappa shape index (κ1) is 14.1. The molecule has 1 heterocycles. The number of carbonyl (C=O) groups is 1. The quantitative estimate of drug-likeness (QED) is 0.641. The van der Waals surface area contributed by atoms with Crippen molar-refractivity contribution in [1.29, 1.82) is 0 Å². The molecular weight excluding hydrogens is 287 g/mol. The zero-order chi connectivity index (χ0) is 15.5. The molecule has 0 unspecified atom stereocenters. The van der Waals surface area contributed by atoms with Gasteiger partial charge in [-0.1, -0.05) is 18.2 Å². The van der Waals surface area contributed by atoms with E-state index in [0.717, 1.165) is 0 Å². The lowest BCUT2D eigenvalue weighted by atomic mass is 10.1. The van der Waals surface area contributed by atoms with Gasteiger partial charge in [0.25, 0.3) is 0 Å². The second-order valence-electron chi connectivity index (χ2n) is 4.63. The lowest BCUT2D eigenvalue weighted by molar-refractivity contribution is 0.104. The maximum atomic E-state index is 13.6. The van der Waals surface area contributed by atoms with Crippen LogP contribution in [0.25, 0.3) is 6.08 Å².